The molecule has 6 heteroatoms. The van der Waals surface area contributed by atoms with Gasteiger partial charge < -0.3 is 19.4 Å². The summed E-state index contributed by atoms with van der Waals surface area (Å²) in [6.07, 6.45) is 8.05. The summed E-state index contributed by atoms with van der Waals surface area (Å²) in [5.74, 6) is 0. The van der Waals surface area contributed by atoms with E-state index in [1.54, 1.807) is 0 Å². The van der Waals surface area contributed by atoms with Crippen LogP contribution in [0, 0.1) is 31.5 Å². The largest absolute Gasteiger partial charge is 0.500 e. The molecular weight excluding hydrogens is 723 g/mol. The molecule has 4 heterocycles. The van der Waals surface area contributed by atoms with Gasteiger partial charge in [-0.15, -0.1) is 35.9 Å². The Morgan fingerprint density at radius 1 is 0.907 bits per heavy atom. The molecular formula is C37H39IrN3OSi-2. The summed E-state index contributed by atoms with van der Waals surface area (Å²) in [5.41, 5.74) is 9.45. The average Bonchev–Trinajstić information content (AvgIpc) is 3.32. The molecule has 0 fully saturated rings. The van der Waals surface area contributed by atoms with Crippen LogP contribution in [-0.2, 0) is 26.5 Å². The molecule has 4 aromatic heterocycles. The van der Waals surface area contributed by atoms with Crippen LogP contribution in [0.4, 0.5) is 0 Å². The Morgan fingerprint density at radius 2 is 1.65 bits per heavy atom. The van der Waals surface area contributed by atoms with Gasteiger partial charge in [-0.05, 0) is 71.7 Å². The van der Waals surface area contributed by atoms with E-state index in [1.165, 1.54) is 16.7 Å². The summed E-state index contributed by atoms with van der Waals surface area (Å²) < 4.78 is 6.33. The number of fused-ring (bicyclic) bond motifs is 3. The number of aromatic nitrogens is 3. The van der Waals surface area contributed by atoms with E-state index in [2.05, 4.69) is 107 Å². The van der Waals surface area contributed by atoms with E-state index in [1.807, 2.05) is 48.8 Å². The fourth-order valence-corrected chi connectivity index (χ4v) is 6.65. The van der Waals surface area contributed by atoms with Crippen LogP contribution < -0.4 is 5.32 Å². The molecule has 0 aliphatic carbocycles. The standard InChI is InChI=1S/C24H27N2OSi.C13H12N.Ir/c1-24(2,3)14-16-11-12-25-19(13-16)18-15-26-23(28(4,5)6)21-17-9-7-8-10-20(17)27-22(18)21;1-10-8-11(2)13(14-9-10)12-6-4-3-5-7-12;/h7-13H,14H2,1-6H3;3-6,8-9H,1-2H3;/q2*-1;. The van der Waals surface area contributed by atoms with Crippen molar-refractivity contribution in [2.75, 3.05) is 0 Å². The number of para-hydroxylation sites is 1. The zero-order valence-corrected chi connectivity index (χ0v) is 29.7. The van der Waals surface area contributed by atoms with Crippen LogP contribution in [0.1, 0.15) is 37.5 Å². The molecule has 0 amide bonds. The summed E-state index contributed by atoms with van der Waals surface area (Å²) in [6.45, 7) is 17.8. The van der Waals surface area contributed by atoms with Gasteiger partial charge in [-0.25, -0.2) is 0 Å². The van der Waals surface area contributed by atoms with Crippen molar-refractivity contribution in [3.63, 3.8) is 0 Å². The van der Waals surface area contributed by atoms with Crippen LogP contribution in [0.2, 0.25) is 19.6 Å². The van der Waals surface area contributed by atoms with Gasteiger partial charge in [0, 0.05) is 37.9 Å². The quantitative estimate of drug-likeness (QED) is 0.133. The number of furan rings is 1. The summed E-state index contributed by atoms with van der Waals surface area (Å²) in [7, 11) is -1.67. The summed E-state index contributed by atoms with van der Waals surface area (Å²) in [6, 6.07) is 25.7. The molecule has 1 radical (unpaired) electrons. The fourth-order valence-electron chi connectivity index (χ4n) is 5.26. The molecule has 6 aromatic rings. The molecule has 43 heavy (non-hydrogen) atoms. The maximum atomic E-state index is 6.33. The van der Waals surface area contributed by atoms with Crippen LogP contribution in [0.25, 0.3) is 44.5 Å². The Morgan fingerprint density at radius 3 is 2.33 bits per heavy atom. The first-order valence-corrected chi connectivity index (χ1v) is 18.0. The molecule has 0 aliphatic heterocycles. The Bertz CT molecular complexity index is 1850. The van der Waals surface area contributed by atoms with E-state index >= 15 is 0 Å². The maximum absolute atomic E-state index is 6.33. The van der Waals surface area contributed by atoms with E-state index in [4.69, 9.17) is 9.40 Å². The Hall–Kier alpha value is -3.44. The molecule has 2 aromatic carbocycles. The van der Waals surface area contributed by atoms with Crippen molar-refractivity contribution in [2.45, 2.75) is 60.7 Å². The number of rotatable bonds is 4. The normalized spacial score (nSPS) is 11.6. The molecule has 0 bridgehead atoms. The first kappa shape index (κ1) is 32.5. The Kier molecular flexibility index (Phi) is 9.85. The van der Waals surface area contributed by atoms with Crippen LogP contribution in [0.15, 0.2) is 83.5 Å². The van der Waals surface area contributed by atoms with Gasteiger partial charge in [0.1, 0.15) is 5.58 Å². The third-order valence-electron chi connectivity index (χ3n) is 7.04. The van der Waals surface area contributed by atoms with Crippen molar-refractivity contribution in [1.82, 2.24) is 15.0 Å². The molecule has 0 saturated heterocycles. The number of benzene rings is 2. The van der Waals surface area contributed by atoms with Crippen molar-refractivity contribution < 1.29 is 24.5 Å². The number of hydrogen-bond acceptors (Lipinski definition) is 4. The van der Waals surface area contributed by atoms with Gasteiger partial charge in [-0.1, -0.05) is 87.4 Å². The van der Waals surface area contributed by atoms with E-state index in [0.29, 0.717) is 0 Å². The minimum absolute atomic E-state index is 0. The molecule has 0 atom stereocenters. The summed E-state index contributed by atoms with van der Waals surface area (Å²) in [5, 5.41) is 3.40. The third-order valence-corrected chi connectivity index (χ3v) is 8.83. The summed E-state index contributed by atoms with van der Waals surface area (Å²) >= 11 is 0. The predicted octanol–water partition coefficient (Wildman–Crippen LogP) is 9.14. The second kappa shape index (κ2) is 13.0. The third kappa shape index (κ3) is 7.56. The second-order valence-electron chi connectivity index (χ2n) is 13.2. The van der Waals surface area contributed by atoms with Crippen molar-refractivity contribution in [1.29, 1.82) is 0 Å². The van der Waals surface area contributed by atoms with Crippen LogP contribution in [0.3, 0.4) is 0 Å². The van der Waals surface area contributed by atoms with Gasteiger partial charge in [0.2, 0.25) is 0 Å². The fraction of sp³-hybridized carbons (Fsp3) is 0.270. The monoisotopic (exact) mass is 762 g/mol. The van der Waals surface area contributed by atoms with Crippen molar-refractivity contribution in [2.24, 2.45) is 5.41 Å². The molecule has 0 N–H and O–H groups in total. The van der Waals surface area contributed by atoms with Crippen LogP contribution in [0.5, 0.6) is 0 Å². The molecule has 223 valence electrons. The number of pyridine rings is 3. The van der Waals surface area contributed by atoms with E-state index < -0.39 is 8.07 Å². The van der Waals surface area contributed by atoms with Gasteiger partial charge >= 0.3 is 0 Å². The predicted molar refractivity (Wildman–Crippen MR) is 178 cm³/mol. The number of nitrogens with zero attached hydrogens (tertiary/aromatic N) is 3. The molecule has 0 saturated carbocycles. The Balaban J connectivity index is 0.000000238. The number of aryl methyl sites for hydroxylation is 2. The molecule has 4 nitrogen and oxygen atoms in total. The minimum atomic E-state index is -1.67. The first-order valence-electron chi connectivity index (χ1n) is 14.5. The molecule has 0 spiro atoms. The topological polar surface area (TPSA) is 51.8 Å². The summed E-state index contributed by atoms with van der Waals surface area (Å²) in [4.78, 5) is 13.9. The van der Waals surface area contributed by atoms with Crippen LogP contribution >= 0.6 is 0 Å². The van der Waals surface area contributed by atoms with E-state index in [0.717, 1.165) is 56.2 Å². The average molecular weight is 762 g/mol. The van der Waals surface area contributed by atoms with Gasteiger partial charge in [0.25, 0.3) is 0 Å². The maximum Gasteiger partial charge on any atom is 0.121 e. The Labute approximate surface area is 270 Å². The molecule has 0 unspecified atom stereocenters. The van der Waals surface area contributed by atoms with E-state index in [-0.39, 0.29) is 25.5 Å². The molecule has 6 rings (SSSR count). The molecule has 0 aliphatic rings. The van der Waals surface area contributed by atoms with Crippen LogP contribution in [-0.4, -0.2) is 23.0 Å². The van der Waals surface area contributed by atoms with Gasteiger partial charge in [-0.2, -0.15) is 0 Å². The van der Waals surface area contributed by atoms with Gasteiger partial charge in [-0.3, -0.25) is 0 Å². The SMILES string of the molecule is CC(C)(C)Cc1ccnc(-c2[c-]nc([Si](C)(C)C)c3c2oc2ccccc23)c1.Cc1cnc(-c2[c-]cccc2)c(C)c1.[Ir]. The van der Waals surface area contributed by atoms with Crippen molar-refractivity contribution >= 4 is 35.3 Å². The minimum Gasteiger partial charge on any atom is -0.500 e. The number of hydrogen-bond donors (Lipinski definition) is 0. The van der Waals surface area contributed by atoms with Crippen molar-refractivity contribution in [3.05, 3.63) is 108 Å². The van der Waals surface area contributed by atoms with E-state index in [9.17, 15) is 0 Å². The second-order valence-corrected chi connectivity index (χ2v) is 18.2. The van der Waals surface area contributed by atoms with Crippen molar-refractivity contribution in [3.8, 4) is 22.5 Å². The smallest absolute Gasteiger partial charge is 0.121 e. The van der Waals surface area contributed by atoms with Gasteiger partial charge in [0.15, 0.2) is 0 Å². The van der Waals surface area contributed by atoms with Gasteiger partial charge in [0.05, 0.1) is 13.7 Å². The first-order chi connectivity index (χ1) is 19.9. The zero-order chi connectivity index (χ0) is 30.1. The zero-order valence-electron chi connectivity index (χ0n) is 26.3.